The third kappa shape index (κ3) is 6.57. The summed E-state index contributed by atoms with van der Waals surface area (Å²) in [5.41, 5.74) is 2.23. The Morgan fingerprint density at radius 2 is 1.61 bits per heavy atom. The van der Waals surface area contributed by atoms with Crippen LogP contribution in [0.25, 0.3) is 0 Å². The summed E-state index contributed by atoms with van der Waals surface area (Å²) in [4.78, 5) is 11.9. The Labute approximate surface area is 206 Å². The lowest BCUT2D eigenvalue weighted by molar-refractivity contribution is -0.137. The van der Waals surface area contributed by atoms with Crippen LogP contribution in [0.15, 0.2) is 84.1 Å². The molecule has 0 saturated carbocycles. The first kappa shape index (κ1) is 25.1. The zero-order valence-corrected chi connectivity index (χ0v) is 19.9. The van der Waals surface area contributed by atoms with Gasteiger partial charge >= 0.3 is 6.18 Å². The molecule has 0 bridgehead atoms. The van der Waals surface area contributed by atoms with Crippen LogP contribution in [0.3, 0.4) is 0 Å². The number of hydrogen-bond donors (Lipinski definition) is 2. The van der Waals surface area contributed by atoms with Gasteiger partial charge in [0.25, 0.3) is 0 Å². The standard InChI is InChI=1S/C25H22F3N5O2S/c1-36(34,35)21-4-2-3-19(14-21)15-30-23-22(25(26,27)28)16-31-24(33-23)32-20-7-5-17(6-8-20)13-18-9-11-29-12-10-18/h2-12,14,16H,13,15H2,1H3,(H2,30,31,32,33). The van der Waals surface area contributed by atoms with Gasteiger partial charge in [-0.1, -0.05) is 24.3 Å². The Bertz CT molecular complexity index is 1450. The van der Waals surface area contributed by atoms with Gasteiger partial charge in [-0.25, -0.2) is 13.4 Å². The van der Waals surface area contributed by atoms with Crippen LogP contribution in [0.5, 0.6) is 0 Å². The van der Waals surface area contributed by atoms with Gasteiger partial charge < -0.3 is 10.6 Å². The lowest BCUT2D eigenvalue weighted by atomic mass is 10.1. The molecule has 0 spiro atoms. The molecule has 186 valence electrons. The molecule has 0 unspecified atom stereocenters. The fourth-order valence-electron chi connectivity index (χ4n) is 3.43. The largest absolute Gasteiger partial charge is 0.421 e. The Morgan fingerprint density at radius 1 is 0.917 bits per heavy atom. The molecule has 0 aliphatic rings. The van der Waals surface area contributed by atoms with Gasteiger partial charge in [-0.05, 0) is 59.5 Å². The molecule has 0 atom stereocenters. The maximum atomic E-state index is 13.6. The van der Waals surface area contributed by atoms with Crippen molar-refractivity contribution in [1.82, 2.24) is 15.0 Å². The molecule has 0 aliphatic carbocycles. The summed E-state index contributed by atoms with van der Waals surface area (Å²) >= 11 is 0. The molecule has 4 rings (SSSR count). The van der Waals surface area contributed by atoms with E-state index in [2.05, 4.69) is 25.6 Å². The van der Waals surface area contributed by atoms with Gasteiger partial charge in [0.2, 0.25) is 5.95 Å². The highest BCUT2D eigenvalue weighted by Crippen LogP contribution is 2.34. The second kappa shape index (κ2) is 10.3. The summed E-state index contributed by atoms with van der Waals surface area (Å²) in [6.07, 6.45) is 1.26. The zero-order valence-electron chi connectivity index (χ0n) is 19.1. The van der Waals surface area contributed by atoms with E-state index in [-0.39, 0.29) is 17.4 Å². The number of rotatable bonds is 8. The lowest BCUT2D eigenvalue weighted by Crippen LogP contribution is -2.14. The van der Waals surface area contributed by atoms with Crippen molar-refractivity contribution >= 4 is 27.3 Å². The van der Waals surface area contributed by atoms with Crippen molar-refractivity contribution in [1.29, 1.82) is 0 Å². The van der Waals surface area contributed by atoms with E-state index in [4.69, 9.17) is 0 Å². The van der Waals surface area contributed by atoms with Gasteiger partial charge in [-0.2, -0.15) is 18.2 Å². The number of hydrogen-bond acceptors (Lipinski definition) is 7. The Hall–Kier alpha value is -3.99. The van der Waals surface area contributed by atoms with Crippen LogP contribution in [0.2, 0.25) is 0 Å². The molecule has 0 amide bonds. The molecular formula is C25H22F3N5O2S. The summed E-state index contributed by atoms with van der Waals surface area (Å²) in [7, 11) is -3.45. The van der Waals surface area contributed by atoms with Gasteiger partial charge in [-0.3, -0.25) is 4.98 Å². The number of nitrogens with zero attached hydrogens (tertiary/aromatic N) is 3. The average Bonchev–Trinajstić information content (AvgIpc) is 2.84. The number of sulfone groups is 1. The Morgan fingerprint density at radius 3 is 2.28 bits per heavy atom. The fourth-order valence-corrected chi connectivity index (χ4v) is 4.12. The summed E-state index contributed by atoms with van der Waals surface area (Å²) in [5, 5.41) is 5.59. The van der Waals surface area contributed by atoms with Crippen molar-refractivity contribution in [2.24, 2.45) is 0 Å². The van der Waals surface area contributed by atoms with E-state index in [1.165, 1.54) is 18.2 Å². The van der Waals surface area contributed by atoms with Crippen molar-refractivity contribution in [3.8, 4) is 0 Å². The van der Waals surface area contributed by atoms with Crippen LogP contribution in [0, 0.1) is 0 Å². The van der Waals surface area contributed by atoms with E-state index < -0.39 is 27.4 Å². The molecule has 7 nitrogen and oxygen atoms in total. The number of benzene rings is 2. The number of aromatic nitrogens is 3. The molecule has 2 aromatic carbocycles. The molecule has 2 heterocycles. The maximum absolute atomic E-state index is 13.6. The van der Waals surface area contributed by atoms with E-state index in [1.54, 1.807) is 30.6 Å². The quantitative estimate of drug-likeness (QED) is 0.333. The number of anilines is 3. The van der Waals surface area contributed by atoms with Gasteiger partial charge in [0, 0.05) is 37.1 Å². The van der Waals surface area contributed by atoms with Crippen LogP contribution in [0.4, 0.5) is 30.6 Å². The fraction of sp³-hybridized carbons (Fsp3) is 0.160. The summed E-state index contributed by atoms with van der Waals surface area (Å²) in [6.45, 7) is -0.0629. The maximum Gasteiger partial charge on any atom is 0.421 e. The van der Waals surface area contributed by atoms with Gasteiger partial charge in [-0.15, -0.1) is 0 Å². The molecule has 4 aromatic rings. The minimum atomic E-state index is -4.68. The van der Waals surface area contributed by atoms with Crippen molar-refractivity contribution in [3.63, 3.8) is 0 Å². The third-order valence-corrected chi connectivity index (χ3v) is 6.36. The van der Waals surface area contributed by atoms with E-state index in [9.17, 15) is 21.6 Å². The Balaban J connectivity index is 1.51. The first-order valence-electron chi connectivity index (χ1n) is 10.8. The summed E-state index contributed by atoms with van der Waals surface area (Å²) in [5.74, 6) is -0.434. The number of nitrogens with one attached hydrogen (secondary N) is 2. The van der Waals surface area contributed by atoms with Crippen LogP contribution in [-0.2, 0) is 29.0 Å². The van der Waals surface area contributed by atoms with Gasteiger partial charge in [0.15, 0.2) is 9.84 Å². The van der Waals surface area contributed by atoms with E-state index in [0.29, 0.717) is 23.9 Å². The van der Waals surface area contributed by atoms with Crippen LogP contribution >= 0.6 is 0 Å². The zero-order chi connectivity index (χ0) is 25.8. The Kier molecular flexibility index (Phi) is 7.20. The molecule has 0 fully saturated rings. The molecule has 11 heteroatoms. The number of alkyl halides is 3. The lowest BCUT2D eigenvalue weighted by Gasteiger charge is -2.15. The first-order chi connectivity index (χ1) is 17.1. The first-order valence-corrected chi connectivity index (χ1v) is 12.7. The normalized spacial score (nSPS) is 11.8. The average molecular weight is 514 g/mol. The molecule has 36 heavy (non-hydrogen) atoms. The predicted molar refractivity (Wildman–Crippen MR) is 131 cm³/mol. The molecule has 2 N–H and O–H groups in total. The number of pyridine rings is 1. The van der Waals surface area contributed by atoms with Crippen LogP contribution < -0.4 is 10.6 Å². The van der Waals surface area contributed by atoms with Crippen molar-refractivity contribution in [2.75, 3.05) is 16.9 Å². The van der Waals surface area contributed by atoms with Gasteiger partial charge in [0.1, 0.15) is 11.4 Å². The molecule has 0 radical (unpaired) electrons. The summed E-state index contributed by atoms with van der Waals surface area (Å²) < 4.78 is 64.2. The molecule has 2 aromatic heterocycles. The van der Waals surface area contributed by atoms with Crippen molar-refractivity contribution in [3.05, 3.63) is 102 Å². The molecule has 0 aliphatic heterocycles. The van der Waals surface area contributed by atoms with Crippen LogP contribution in [0.1, 0.15) is 22.3 Å². The molecular weight excluding hydrogens is 491 g/mol. The van der Waals surface area contributed by atoms with Crippen LogP contribution in [-0.4, -0.2) is 29.6 Å². The van der Waals surface area contributed by atoms with E-state index in [1.807, 2.05) is 24.3 Å². The van der Waals surface area contributed by atoms with Crippen molar-refractivity contribution in [2.45, 2.75) is 24.0 Å². The highest BCUT2D eigenvalue weighted by molar-refractivity contribution is 7.90. The third-order valence-electron chi connectivity index (χ3n) is 5.25. The summed E-state index contributed by atoms with van der Waals surface area (Å²) in [6, 6.07) is 17.2. The smallest absolute Gasteiger partial charge is 0.365 e. The topological polar surface area (TPSA) is 96.9 Å². The van der Waals surface area contributed by atoms with Gasteiger partial charge in [0.05, 0.1) is 4.90 Å². The van der Waals surface area contributed by atoms with Crippen molar-refractivity contribution < 1.29 is 21.6 Å². The highest BCUT2D eigenvalue weighted by Gasteiger charge is 2.35. The van der Waals surface area contributed by atoms with E-state index >= 15 is 0 Å². The minimum absolute atomic E-state index is 0.0164. The second-order valence-corrected chi connectivity index (χ2v) is 10.1. The highest BCUT2D eigenvalue weighted by atomic mass is 32.2. The predicted octanol–water partition coefficient (Wildman–Crippen LogP) is 5.24. The monoisotopic (exact) mass is 513 g/mol. The van der Waals surface area contributed by atoms with E-state index in [0.717, 1.165) is 17.4 Å². The number of halogens is 3. The minimum Gasteiger partial charge on any atom is -0.365 e. The molecule has 0 saturated heterocycles. The second-order valence-electron chi connectivity index (χ2n) is 8.08. The SMILES string of the molecule is CS(=O)(=O)c1cccc(CNc2nc(Nc3ccc(Cc4ccncc4)cc3)ncc2C(F)(F)F)c1.